The maximum Gasteiger partial charge on any atom is 0.304 e. The molecular formula is C12H16N2O3. The monoisotopic (exact) mass is 236 g/mol. The van der Waals surface area contributed by atoms with Gasteiger partial charge in [-0.1, -0.05) is 6.07 Å². The van der Waals surface area contributed by atoms with Crippen LogP contribution < -0.4 is 0 Å². The molecule has 0 saturated carbocycles. The van der Waals surface area contributed by atoms with E-state index in [1.165, 1.54) is 6.92 Å². The molecule has 0 fully saturated rings. The number of carboxylic acids is 1. The molecule has 1 aromatic rings. The van der Waals surface area contributed by atoms with Gasteiger partial charge >= 0.3 is 5.97 Å². The van der Waals surface area contributed by atoms with Crippen LogP contribution in [0.15, 0.2) is 24.4 Å². The summed E-state index contributed by atoms with van der Waals surface area (Å²) in [7, 11) is 0. The molecule has 0 aliphatic heterocycles. The number of carbonyl (C=O) groups excluding carboxylic acids is 1. The van der Waals surface area contributed by atoms with E-state index in [9.17, 15) is 9.59 Å². The molecule has 0 radical (unpaired) electrons. The van der Waals surface area contributed by atoms with Crippen LogP contribution in [0, 0.1) is 0 Å². The van der Waals surface area contributed by atoms with E-state index < -0.39 is 5.97 Å². The van der Waals surface area contributed by atoms with Crippen LogP contribution in [0.25, 0.3) is 0 Å². The van der Waals surface area contributed by atoms with Gasteiger partial charge in [-0.3, -0.25) is 19.5 Å². The molecule has 0 aliphatic rings. The van der Waals surface area contributed by atoms with Gasteiger partial charge in [-0.05, 0) is 19.1 Å². The topological polar surface area (TPSA) is 70.5 Å². The second-order valence-corrected chi connectivity index (χ2v) is 3.88. The van der Waals surface area contributed by atoms with Crippen LogP contribution in [0.2, 0.25) is 0 Å². The normalized spacial score (nSPS) is 10.5. The first kappa shape index (κ1) is 13.3. The second kappa shape index (κ2) is 6.75. The van der Waals surface area contributed by atoms with Crippen LogP contribution in [0.4, 0.5) is 0 Å². The third-order valence-corrected chi connectivity index (χ3v) is 2.20. The molecule has 0 bridgehead atoms. The van der Waals surface area contributed by atoms with Gasteiger partial charge in [0.1, 0.15) is 5.78 Å². The Kier molecular flexibility index (Phi) is 5.29. The summed E-state index contributed by atoms with van der Waals surface area (Å²) in [5.74, 6) is -0.842. The molecule has 1 N–H and O–H groups in total. The minimum atomic E-state index is -0.862. The fourth-order valence-corrected chi connectivity index (χ4v) is 1.50. The van der Waals surface area contributed by atoms with E-state index >= 15 is 0 Å². The molecule has 0 unspecified atom stereocenters. The minimum absolute atomic E-state index is 0.0197. The predicted molar refractivity (Wildman–Crippen MR) is 62.4 cm³/mol. The van der Waals surface area contributed by atoms with Gasteiger partial charge in [-0.2, -0.15) is 0 Å². The molecule has 0 aliphatic carbocycles. The summed E-state index contributed by atoms with van der Waals surface area (Å²) >= 11 is 0. The van der Waals surface area contributed by atoms with E-state index in [-0.39, 0.29) is 18.7 Å². The molecule has 1 heterocycles. The molecule has 1 aromatic heterocycles. The largest absolute Gasteiger partial charge is 0.481 e. The molecule has 92 valence electrons. The van der Waals surface area contributed by atoms with E-state index in [4.69, 9.17) is 5.11 Å². The maximum absolute atomic E-state index is 11.1. The smallest absolute Gasteiger partial charge is 0.304 e. The molecule has 1 rings (SSSR count). The lowest BCUT2D eigenvalue weighted by Gasteiger charge is -2.19. The number of carbonyl (C=O) groups is 2. The number of pyridine rings is 1. The Morgan fingerprint density at radius 3 is 2.71 bits per heavy atom. The Morgan fingerprint density at radius 2 is 2.18 bits per heavy atom. The fourth-order valence-electron chi connectivity index (χ4n) is 1.50. The van der Waals surface area contributed by atoms with E-state index in [0.29, 0.717) is 13.1 Å². The maximum atomic E-state index is 11.1. The van der Waals surface area contributed by atoms with Crippen molar-refractivity contribution in [3.05, 3.63) is 30.1 Å². The minimum Gasteiger partial charge on any atom is -0.481 e. The number of aliphatic carboxylic acids is 1. The van der Waals surface area contributed by atoms with Gasteiger partial charge in [0.05, 0.1) is 18.7 Å². The summed E-state index contributed by atoms with van der Waals surface area (Å²) < 4.78 is 0. The Hall–Kier alpha value is -1.75. The summed E-state index contributed by atoms with van der Waals surface area (Å²) in [5, 5.41) is 8.64. The Balaban J connectivity index is 2.56. The summed E-state index contributed by atoms with van der Waals surface area (Å²) in [6, 6.07) is 5.54. The van der Waals surface area contributed by atoms with Crippen molar-refractivity contribution in [3.8, 4) is 0 Å². The van der Waals surface area contributed by atoms with Crippen molar-refractivity contribution in [1.82, 2.24) is 9.88 Å². The first-order valence-electron chi connectivity index (χ1n) is 5.41. The highest BCUT2D eigenvalue weighted by Gasteiger charge is 2.10. The fraction of sp³-hybridized carbons (Fsp3) is 0.417. The first-order valence-corrected chi connectivity index (χ1v) is 5.41. The van der Waals surface area contributed by atoms with Gasteiger partial charge in [-0.25, -0.2) is 0 Å². The van der Waals surface area contributed by atoms with Crippen LogP contribution in [0.5, 0.6) is 0 Å². The number of hydrogen-bond acceptors (Lipinski definition) is 4. The summed E-state index contributed by atoms with van der Waals surface area (Å²) in [5.41, 5.74) is 0.833. The second-order valence-electron chi connectivity index (χ2n) is 3.88. The van der Waals surface area contributed by atoms with Gasteiger partial charge < -0.3 is 5.11 Å². The van der Waals surface area contributed by atoms with E-state index in [0.717, 1.165) is 5.69 Å². The summed E-state index contributed by atoms with van der Waals surface area (Å²) in [4.78, 5) is 27.5. The van der Waals surface area contributed by atoms with Gasteiger partial charge in [0, 0.05) is 19.3 Å². The van der Waals surface area contributed by atoms with Gasteiger partial charge in [0.15, 0.2) is 0 Å². The molecule has 5 nitrogen and oxygen atoms in total. The molecule has 0 amide bonds. The zero-order chi connectivity index (χ0) is 12.7. The molecule has 5 heteroatoms. The highest BCUT2D eigenvalue weighted by atomic mass is 16.4. The van der Waals surface area contributed by atoms with Crippen molar-refractivity contribution < 1.29 is 14.7 Å². The molecule has 0 aromatic carbocycles. The number of rotatable bonds is 7. The predicted octanol–water partition coefficient (Wildman–Crippen LogP) is 0.947. The van der Waals surface area contributed by atoms with Gasteiger partial charge in [0.2, 0.25) is 0 Å². The molecule has 17 heavy (non-hydrogen) atoms. The van der Waals surface area contributed by atoms with Crippen molar-refractivity contribution in [2.75, 3.05) is 13.1 Å². The van der Waals surface area contributed by atoms with Crippen LogP contribution in [0.3, 0.4) is 0 Å². The summed E-state index contributed by atoms with van der Waals surface area (Å²) in [6.07, 6.45) is 1.71. The molecular weight excluding hydrogens is 220 g/mol. The quantitative estimate of drug-likeness (QED) is 0.763. The van der Waals surface area contributed by atoms with E-state index in [1.54, 1.807) is 11.1 Å². The average molecular weight is 236 g/mol. The first-order chi connectivity index (χ1) is 8.08. The lowest BCUT2D eigenvalue weighted by Crippen LogP contribution is -2.30. The van der Waals surface area contributed by atoms with Crippen molar-refractivity contribution >= 4 is 11.8 Å². The van der Waals surface area contributed by atoms with Crippen LogP contribution in [0.1, 0.15) is 19.0 Å². The van der Waals surface area contributed by atoms with Crippen molar-refractivity contribution in [2.24, 2.45) is 0 Å². The van der Waals surface area contributed by atoms with Gasteiger partial charge in [0.25, 0.3) is 0 Å². The number of ketones is 1. The molecule has 0 atom stereocenters. The third-order valence-electron chi connectivity index (χ3n) is 2.20. The SMILES string of the molecule is CC(=O)CN(CCC(=O)O)Cc1ccccn1. The highest BCUT2D eigenvalue weighted by molar-refractivity contribution is 5.77. The van der Waals surface area contributed by atoms with Crippen molar-refractivity contribution in [1.29, 1.82) is 0 Å². The number of carboxylic acid groups (broad SMARTS) is 1. The number of aromatic nitrogens is 1. The Labute approximate surface area is 100 Å². The lowest BCUT2D eigenvalue weighted by molar-refractivity contribution is -0.137. The number of nitrogens with zero attached hydrogens (tertiary/aromatic N) is 2. The summed E-state index contributed by atoms with van der Waals surface area (Å²) in [6.45, 7) is 2.59. The van der Waals surface area contributed by atoms with Crippen LogP contribution >= 0.6 is 0 Å². The standard InChI is InChI=1S/C12H16N2O3/c1-10(15)8-14(7-5-12(16)17)9-11-4-2-3-6-13-11/h2-4,6H,5,7-9H2,1H3,(H,16,17). The van der Waals surface area contributed by atoms with Crippen molar-refractivity contribution in [3.63, 3.8) is 0 Å². The van der Waals surface area contributed by atoms with E-state index in [2.05, 4.69) is 4.98 Å². The Morgan fingerprint density at radius 1 is 1.41 bits per heavy atom. The Bertz CT molecular complexity index is 379. The molecule has 0 saturated heterocycles. The molecule has 0 spiro atoms. The number of hydrogen-bond donors (Lipinski definition) is 1. The number of Topliss-reactive ketones (excluding diaryl/α,β-unsaturated/α-hetero) is 1. The van der Waals surface area contributed by atoms with Crippen LogP contribution in [-0.2, 0) is 16.1 Å². The van der Waals surface area contributed by atoms with Crippen molar-refractivity contribution in [2.45, 2.75) is 19.9 Å². The van der Waals surface area contributed by atoms with Crippen LogP contribution in [-0.4, -0.2) is 39.8 Å². The van der Waals surface area contributed by atoms with E-state index in [1.807, 2.05) is 18.2 Å². The zero-order valence-electron chi connectivity index (χ0n) is 9.80. The highest BCUT2D eigenvalue weighted by Crippen LogP contribution is 2.02. The zero-order valence-corrected chi connectivity index (χ0v) is 9.80. The lowest BCUT2D eigenvalue weighted by atomic mass is 10.3. The third kappa shape index (κ3) is 5.77. The average Bonchev–Trinajstić information content (AvgIpc) is 2.26. The van der Waals surface area contributed by atoms with Gasteiger partial charge in [-0.15, -0.1) is 0 Å².